The Balaban J connectivity index is 1.53. The van der Waals surface area contributed by atoms with E-state index in [0.29, 0.717) is 31.9 Å². The highest BCUT2D eigenvalue weighted by atomic mass is 16.6. The number of carbonyl (C=O) groups is 2. The lowest BCUT2D eigenvalue weighted by molar-refractivity contribution is 0.0140. The number of fused-ring (bicyclic) bond motifs is 1. The number of amides is 2. The van der Waals surface area contributed by atoms with Crippen LogP contribution in [0.2, 0.25) is 0 Å². The van der Waals surface area contributed by atoms with E-state index in [9.17, 15) is 9.59 Å². The molecule has 7 heteroatoms. The number of hydrogen-bond donors (Lipinski definition) is 0. The van der Waals surface area contributed by atoms with Crippen LogP contribution in [-0.2, 0) is 17.6 Å². The highest BCUT2D eigenvalue weighted by Gasteiger charge is 2.32. The fourth-order valence-electron chi connectivity index (χ4n) is 4.30. The van der Waals surface area contributed by atoms with Crippen LogP contribution in [-0.4, -0.2) is 63.4 Å². The van der Waals surface area contributed by atoms with Crippen molar-refractivity contribution in [1.29, 1.82) is 0 Å². The summed E-state index contributed by atoms with van der Waals surface area (Å²) >= 11 is 0. The largest absolute Gasteiger partial charge is 0.444 e. The fraction of sp³-hybridized carbons (Fsp3) is 0.542. The zero-order chi connectivity index (χ0) is 22.0. The van der Waals surface area contributed by atoms with Gasteiger partial charge in [0.15, 0.2) is 5.69 Å². The zero-order valence-corrected chi connectivity index (χ0v) is 18.8. The van der Waals surface area contributed by atoms with Crippen molar-refractivity contribution in [2.75, 3.05) is 26.2 Å². The molecule has 0 N–H and O–H groups in total. The summed E-state index contributed by atoms with van der Waals surface area (Å²) in [6, 6.07) is 10.1. The monoisotopic (exact) mass is 424 g/mol. The molecule has 31 heavy (non-hydrogen) atoms. The number of carbonyl (C=O) groups excluding carboxylic acids is 2. The van der Waals surface area contributed by atoms with E-state index in [4.69, 9.17) is 9.84 Å². The van der Waals surface area contributed by atoms with Crippen molar-refractivity contribution in [3.8, 4) is 5.69 Å². The molecule has 0 bridgehead atoms. The standard InChI is InChI=1S/C24H32N4O3/c1-24(2,3)31-23(30)27-16-14-26(15-17-27)22(29)21-19-12-8-5-9-13-20(19)28(25-21)18-10-6-4-7-11-18/h4,6-7,10-11H,5,8-9,12-17H2,1-3H3. The van der Waals surface area contributed by atoms with Crippen molar-refractivity contribution in [1.82, 2.24) is 19.6 Å². The second kappa shape index (κ2) is 8.73. The molecule has 1 aromatic heterocycles. The third-order valence-electron chi connectivity index (χ3n) is 5.85. The number of rotatable bonds is 2. The molecule has 0 atom stereocenters. The predicted octanol–water partition coefficient (Wildman–Crippen LogP) is 3.83. The summed E-state index contributed by atoms with van der Waals surface area (Å²) in [7, 11) is 0. The maximum Gasteiger partial charge on any atom is 0.410 e. The first-order valence-corrected chi connectivity index (χ1v) is 11.3. The van der Waals surface area contributed by atoms with Gasteiger partial charge in [-0.2, -0.15) is 5.10 Å². The second-order valence-corrected chi connectivity index (χ2v) is 9.34. The van der Waals surface area contributed by atoms with Crippen molar-refractivity contribution in [2.45, 2.75) is 58.5 Å². The third-order valence-corrected chi connectivity index (χ3v) is 5.85. The maximum absolute atomic E-state index is 13.4. The number of aromatic nitrogens is 2. The minimum atomic E-state index is -0.522. The average molecular weight is 425 g/mol. The van der Waals surface area contributed by atoms with E-state index in [-0.39, 0.29) is 12.0 Å². The molecule has 1 saturated heterocycles. The van der Waals surface area contributed by atoms with Gasteiger partial charge >= 0.3 is 6.09 Å². The quantitative estimate of drug-likeness (QED) is 0.687. The van der Waals surface area contributed by atoms with Crippen molar-refractivity contribution in [3.63, 3.8) is 0 Å². The van der Waals surface area contributed by atoms with Crippen LogP contribution in [0.25, 0.3) is 5.69 Å². The van der Waals surface area contributed by atoms with Crippen LogP contribution in [0.3, 0.4) is 0 Å². The molecule has 0 saturated carbocycles. The molecule has 0 spiro atoms. The summed E-state index contributed by atoms with van der Waals surface area (Å²) in [5.41, 5.74) is 3.31. The van der Waals surface area contributed by atoms with Gasteiger partial charge in [0.1, 0.15) is 5.60 Å². The summed E-state index contributed by atoms with van der Waals surface area (Å²) in [4.78, 5) is 29.3. The Hall–Kier alpha value is -2.83. The summed E-state index contributed by atoms with van der Waals surface area (Å²) < 4.78 is 7.43. The maximum atomic E-state index is 13.4. The fourth-order valence-corrected chi connectivity index (χ4v) is 4.30. The van der Waals surface area contributed by atoms with Crippen molar-refractivity contribution in [2.24, 2.45) is 0 Å². The molecule has 0 unspecified atom stereocenters. The lowest BCUT2D eigenvalue weighted by Gasteiger charge is -2.35. The molecule has 1 aromatic carbocycles. The molecule has 1 fully saturated rings. The van der Waals surface area contributed by atoms with Gasteiger partial charge in [0, 0.05) is 37.4 Å². The lowest BCUT2D eigenvalue weighted by Crippen LogP contribution is -2.51. The minimum absolute atomic E-state index is 0.0309. The molecule has 1 aliphatic carbocycles. The normalized spacial score (nSPS) is 17.1. The average Bonchev–Trinajstić information content (AvgIpc) is 2.93. The van der Waals surface area contributed by atoms with Gasteiger partial charge in [-0.05, 0) is 58.6 Å². The molecule has 2 heterocycles. The highest BCUT2D eigenvalue weighted by Crippen LogP contribution is 2.27. The van der Waals surface area contributed by atoms with E-state index < -0.39 is 5.60 Å². The van der Waals surface area contributed by atoms with Gasteiger partial charge in [-0.1, -0.05) is 24.6 Å². The van der Waals surface area contributed by atoms with E-state index in [1.165, 1.54) is 12.1 Å². The first-order valence-electron chi connectivity index (χ1n) is 11.3. The van der Waals surface area contributed by atoms with Crippen LogP contribution >= 0.6 is 0 Å². The van der Waals surface area contributed by atoms with Gasteiger partial charge in [-0.15, -0.1) is 0 Å². The van der Waals surface area contributed by atoms with Crippen molar-refractivity contribution in [3.05, 3.63) is 47.3 Å². The molecule has 0 radical (unpaired) electrons. The molecule has 2 aliphatic rings. The van der Waals surface area contributed by atoms with Gasteiger partial charge < -0.3 is 14.5 Å². The number of nitrogens with zero attached hydrogens (tertiary/aromatic N) is 4. The third kappa shape index (κ3) is 4.75. The van der Waals surface area contributed by atoms with E-state index in [2.05, 4.69) is 0 Å². The summed E-state index contributed by atoms with van der Waals surface area (Å²) in [6.45, 7) is 7.51. The van der Waals surface area contributed by atoms with Gasteiger partial charge in [-0.25, -0.2) is 9.48 Å². The van der Waals surface area contributed by atoms with Crippen molar-refractivity contribution >= 4 is 12.0 Å². The molecular weight excluding hydrogens is 392 g/mol. The Kier molecular flexibility index (Phi) is 6.03. The van der Waals surface area contributed by atoms with E-state index in [1.54, 1.807) is 4.90 Å². The van der Waals surface area contributed by atoms with Crippen molar-refractivity contribution < 1.29 is 14.3 Å². The second-order valence-electron chi connectivity index (χ2n) is 9.34. The Morgan fingerprint density at radius 2 is 1.55 bits per heavy atom. The lowest BCUT2D eigenvalue weighted by atomic mass is 10.1. The SMILES string of the molecule is CC(C)(C)OC(=O)N1CCN(C(=O)c2nn(-c3ccccc3)c3c2CCCCC3)CC1. The van der Waals surface area contributed by atoms with Crippen LogP contribution in [0, 0.1) is 0 Å². The zero-order valence-electron chi connectivity index (χ0n) is 18.8. The smallest absolute Gasteiger partial charge is 0.410 e. The molecule has 166 valence electrons. The summed E-state index contributed by atoms with van der Waals surface area (Å²) in [5.74, 6) is -0.0309. The van der Waals surface area contributed by atoms with Gasteiger partial charge in [0.05, 0.1) is 5.69 Å². The molecule has 2 aromatic rings. The number of para-hydroxylation sites is 1. The topological polar surface area (TPSA) is 67.7 Å². The van der Waals surface area contributed by atoms with E-state index in [1.807, 2.05) is 60.7 Å². The molecule has 4 rings (SSSR count). The Morgan fingerprint density at radius 3 is 2.23 bits per heavy atom. The predicted molar refractivity (Wildman–Crippen MR) is 119 cm³/mol. The number of hydrogen-bond acceptors (Lipinski definition) is 4. The number of ether oxygens (including phenoxy) is 1. The van der Waals surface area contributed by atoms with Gasteiger partial charge in [-0.3, -0.25) is 4.79 Å². The van der Waals surface area contributed by atoms with Crippen LogP contribution < -0.4 is 0 Å². The minimum Gasteiger partial charge on any atom is -0.444 e. The molecule has 7 nitrogen and oxygen atoms in total. The van der Waals surface area contributed by atoms with Crippen LogP contribution in [0.15, 0.2) is 30.3 Å². The Morgan fingerprint density at radius 1 is 0.903 bits per heavy atom. The first-order chi connectivity index (χ1) is 14.8. The highest BCUT2D eigenvalue weighted by molar-refractivity contribution is 5.94. The molecule has 1 aliphatic heterocycles. The van der Waals surface area contributed by atoms with Crippen LogP contribution in [0.4, 0.5) is 4.79 Å². The number of benzene rings is 1. The molecular formula is C24H32N4O3. The van der Waals surface area contributed by atoms with E-state index >= 15 is 0 Å². The van der Waals surface area contributed by atoms with Gasteiger partial charge in [0.25, 0.3) is 5.91 Å². The number of piperazine rings is 1. The van der Waals surface area contributed by atoms with Crippen LogP contribution in [0.1, 0.15) is 61.8 Å². The first kappa shape index (κ1) is 21.4. The summed E-state index contributed by atoms with van der Waals surface area (Å²) in [6.07, 6.45) is 4.89. The van der Waals surface area contributed by atoms with E-state index in [0.717, 1.165) is 36.9 Å². The van der Waals surface area contributed by atoms with Crippen LogP contribution in [0.5, 0.6) is 0 Å². The van der Waals surface area contributed by atoms with Gasteiger partial charge in [0.2, 0.25) is 0 Å². The Labute approximate surface area is 184 Å². The Bertz CT molecular complexity index is 938. The molecule has 2 amide bonds. The summed E-state index contributed by atoms with van der Waals surface area (Å²) in [5, 5.41) is 4.80.